The second-order valence-electron chi connectivity index (χ2n) is 5.42. The molecule has 0 aromatic rings. The van der Waals surface area contributed by atoms with Crippen LogP contribution in [0.5, 0.6) is 0 Å². The molecule has 0 heterocycles. The predicted molar refractivity (Wildman–Crippen MR) is 69.5 cm³/mol. The van der Waals surface area contributed by atoms with Gasteiger partial charge in [-0.15, -0.1) is 0 Å². The van der Waals surface area contributed by atoms with Gasteiger partial charge < -0.3 is 9.47 Å². The maximum Gasteiger partial charge on any atom is 0.319 e. The van der Waals surface area contributed by atoms with E-state index in [-0.39, 0.29) is 18.9 Å². The van der Waals surface area contributed by atoms with E-state index in [2.05, 4.69) is 4.74 Å². The van der Waals surface area contributed by atoms with E-state index in [0.717, 1.165) is 0 Å². The molecule has 0 aliphatic heterocycles. The van der Waals surface area contributed by atoms with E-state index in [4.69, 9.17) is 4.74 Å². The molecule has 0 aliphatic rings. The van der Waals surface area contributed by atoms with E-state index in [0.29, 0.717) is 6.42 Å². The van der Waals surface area contributed by atoms with Crippen LogP contribution in [0.3, 0.4) is 0 Å². The lowest BCUT2D eigenvalue weighted by Gasteiger charge is -2.25. The van der Waals surface area contributed by atoms with Gasteiger partial charge >= 0.3 is 11.9 Å². The molecule has 0 N–H and O–H groups in total. The number of rotatable bonds is 7. The van der Waals surface area contributed by atoms with Gasteiger partial charge in [0.25, 0.3) is 0 Å². The number of esters is 2. The molecule has 0 aromatic carbocycles. The zero-order valence-corrected chi connectivity index (χ0v) is 12.4. The second-order valence-corrected chi connectivity index (χ2v) is 5.42. The van der Waals surface area contributed by atoms with Crippen LogP contribution in [0.2, 0.25) is 0 Å². The SMILES string of the molecule is COC(=O)CN(C)[C@H](CF)CCC(=O)OC(C)(C)C. The molecule has 0 unspecified atom stereocenters. The van der Waals surface area contributed by atoms with Gasteiger partial charge in [-0.05, 0) is 34.2 Å². The monoisotopic (exact) mass is 277 g/mol. The Bertz CT molecular complexity index is 302. The summed E-state index contributed by atoms with van der Waals surface area (Å²) >= 11 is 0. The Labute approximate surface area is 114 Å². The smallest absolute Gasteiger partial charge is 0.319 e. The van der Waals surface area contributed by atoms with Crippen molar-refractivity contribution in [1.82, 2.24) is 4.90 Å². The largest absolute Gasteiger partial charge is 0.468 e. The maximum atomic E-state index is 12.9. The fourth-order valence-corrected chi connectivity index (χ4v) is 1.49. The first kappa shape index (κ1) is 17.8. The molecule has 0 rings (SSSR count). The molecule has 0 saturated heterocycles. The Balaban J connectivity index is 4.19. The van der Waals surface area contributed by atoms with Crippen molar-refractivity contribution in [2.75, 3.05) is 27.4 Å². The third kappa shape index (κ3) is 8.53. The molecule has 0 aliphatic carbocycles. The molecule has 0 bridgehead atoms. The first-order valence-electron chi connectivity index (χ1n) is 6.24. The highest BCUT2D eigenvalue weighted by atomic mass is 19.1. The van der Waals surface area contributed by atoms with Crippen LogP contribution < -0.4 is 0 Å². The summed E-state index contributed by atoms with van der Waals surface area (Å²) in [6.45, 7) is 4.71. The second kappa shape index (κ2) is 8.09. The summed E-state index contributed by atoms with van der Waals surface area (Å²) in [7, 11) is 2.90. The molecule has 112 valence electrons. The molecule has 0 fully saturated rings. The molecular formula is C13H24FNO4. The van der Waals surface area contributed by atoms with Crippen LogP contribution in [0.25, 0.3) is 0 Å². The number of methoxy groups -OCH3 is 1. The van der Waals surface area contributed by atoms with Crippen LogP contribution in [0.4, 0.5) is 4.39 Å². The molecule has 1 atom stereocenters. The number of halogens is 1. The summed E-state index contributed by atoms with van der Waals surface area (Å²) in [4.78, 5) is 24.2. The molecule has 0 saturated carbocycles. The Kier molecular flexibility index (Phi) is 7.59. The van der Waals surface area contributed by atoms with Crippen LogP contribution in [0.1, 0.15) is 33.6 Å². The number of hydrogen-bond acceptors (Lipinski definition) is 5. The Morgan fingerprint density at radius 1 is 1.26 bits per heavy atom. The molecule has 19 heavy (non-hydrogen) atoms. The van der Waals surface area contributed by atoms with Crippen molar-refractivity contribution in [2.24, 2.45) is 0 Å². The lowest BCUT2D eigenvalue weighted by Crippen LogP contribution is -2.38. The first-order chi connectivity index (χ1) is 8.69. The average Bonchev–Trinajstić information content (AvgIpc) is 2.27. The standard InChI is InChI=1S/C13H24FNO4/c1-13(2,3)19-11(16)7-6-10(8-14)15(4)9-12(17)18-5/h10H,6-9H2,1-5H3/t10-/m0/s1. The van der Waals surface area contributed by atoms with Crippen LogP contribution >= 0.6 is 0 Å². The topological polar surface area (TPSA) is 55.8 Å². The van der Waals surface area contributed by atoms with Gasteiger partial charge in [-0.1, -0.05) is 0 Å². The molecular weight excluding hydrogens is 253 g/mol. The van der Waals surface area contributed by atoms with E-state index in [9.17, 15) is 14.0 Å². The van der Waals surface area contributed by atoms with Gasteiger partial charge in [0.05, 0.1) is 13.7 Å². The molecule has 5 nitrogen and oxygen atoms in total. The lowest BCUT2D eigenvalue weighted by molar-refractivity contribution is -0.155. The van der Waals surface area contributed by atoms with Crippen molar-refractivity contribution in [3.8, 4) is 0 Å². The van der Waals surface area contributed by atoms with Crippen molar-refractivity contribution < 1.29 is 23.5 Å². The van der Waals surface area contributed by atoms with Crippen molar-refractivity contribution in [2.45, 2.75) is 45.3 Å². The highest BCUT2D eigenvalue weighted by molar-refractivity contribution is 5.71. The minimum absolute atomic E-state index is 0.000590. The van der Waals surface area contributed by atoms with Gasteiger partial charge in [0.2, 0.25) is 0 Å². The van der Waals surface area contributed by atoms with E-state index in [1.54, 1.807) is 27.8 Å². The fourth-order valence-electron chi connectivity index (χ4n) is 1.49. The average molecular weight is 277 g/mol. The van der Waals surface area contributed by atoms with Gasteiger partial charge in [0, 0.05) is 12.5 Å². The van der Waals surface area contributed by atoms with Gasteiger partial charge in [0.15, 0.2) is 0 Å². The van der Waals surface area contributed by atoms with E-state index >= 15 is 0 Å². The van der Waals surface area contributed by atoms with Crippen LogP contribution in [-0.4, -0.2) is 55.9 Å². The predicted octanol–water partition coefficient (Wildman–Crippen LogP) is 1.55. The third-order valence-corrected chi connectivity index (χ3v) is 2.51. The summed E-state index contributed by atoms with van der Waals surface area (Å²) < 4.78 is 22.6. The molecule has 0 radical (unpaired) electrons. The van der Waals surface area contributed by atoms with Gasteiger partial charge in [0.1, 0.15) is 12.3 Å². The third-order valence-electron chi connectivity index (χ3n) is 2.51. The summed E-state index contributed by atoms with van der Waals surface area (Å²) in [5, 5.41) is 0. The minimum Gasteiger partial charge on any atom is -0.468 e. The summed E-state index contributed by atoms with van der Waals surface area (Å²) in [6, 6.07) is -0.494. The Morgan fingerprint density at radius 2 is 1.84 bits per heavy atom. The van der Waals surface area contributed by atoms with Crippen LogP contribution in [0, 0.1) is 0 Å². The quantitative estimate of drug-likeness (QED) is 0.661. The highest BCUT2D eigenvalue weighted by Crippen LogP contribution is 2.12. The van der Waals surface area contributed by atoms with Crippen molar-refractivity contribution in [1.29, 1.82) is 0 Å². The summed E-state index contributed by atoms with van der Waals surface area (Å²) in [5.74, 6) is -0.796. The number of hydrogen-bond donors (Lipinski definition) is 0. The van der Waals surface area contributed by atoms with Crippen molar-refractivity contribution >= 4 is 11.9 Å². The summed E-state index contributed by atoms with van der Waals surface area (Å²) in [5.41, 5.74) is -0.541. The number of ether oxygens (including phenoxy) is 2. The van der Waals surface area contributed by atoms with Crippen LogP contribution in [-0.2, 0) is 19.1 Å². The first-order valence-corrected chi connectivity index (χ1v) is 6.24. The highest BCUT2D eigenvalue weighted by Gasteiger charge is 2.21. The zero-order chi connectivity index (χ0) is 15.1. The molecule has 0 spiro atoms. The normalized spacial score (nSPS) is 13.2. The number of carbonyl (C=O) groups is 2. The summed E-state index contributed by atoms with van der Waals surface area (Å²) in [6.07, 6.45) is 0.427. The van der Waals surface area contributed by atoms with Gasteiger partial charge in [-0.25, -0.2) is 4.39 Å². The number of carbonyl (C=O) groups excluding carboxylic acids is 2. The molecule has 6 heteroatoms. The van der Waals surface area contributed by atoms with Gasteiger partial charge in [-0.3, -0.25) is 14.5 Å². The maximum absolute atomic E-state index is 12.9. The lowest BCUT2D eigenvalue weighted by atomic mass is 10.1. The van der Waals surface area contributed by atoms with Gasteiger partial charge in [-0.2, -0.15) is 0 Å². The van der Waals surface area contributed by atoms with Crippen LogP contribution in [0.15, 0.2) is 0 Å². The zero-order valence-electron chi connectivity index (χ0n) is 12.4. The number of likely N-dealkylation sites (N-methyl/N-ethyl adjacent to an activating group) is 1. The molecule has 0 aromatic heterocycles. The Morgan fingerprint density at radius 3 is 2.26 bits per heavy atom. The Hall–Kier alpha value is -1.17. The van der Waals surface area contributed by atoms with E-state index < -0.39 is 24.3 Å². The minimum atomic E-state index is -0.629. The van der Waals surface area contributed by atoms with Crippen molar-refractivity contribution in [3.63, 3.8) is 0 Å². The molecule has 0 amide bonds. The number of nitrogens with zero attached hydrogens (tertiary/aromatic N) is 1. The van der Waals surface area contributed by atoms with E-state index in [1.807, 2.05) is 0 Å². The van der Waals surface area contributed by atoms with Crippen molar-refractivity contribution in [3.05, 3.63) is 0 Å². The number of alkyl halides is 1. The fraction of sp³-hybridized carbons (Fsp3) is 0.846. The van der Waals surface area contributed by atoms with E-state index in [1.165, 1.54) is 12.0 Å².